The van der Waals surface area contributed by atoms with Gasteiger partial charge in [0.2, 0.25) is 0 Å². The zero-order valence-electron chi connectivity index (χ0n) is 13.3. The van der Waals surface area contributed by atoms with Crippen molar-refractivity contribution in [3.63, 3.8) is 0 Å². The van der Waals surface area contributed by atoms with Crippen molar-refractivity contribution in [2.75, 3.05) is 18.0 Å². The number of anilines is 1. The number of nitrogens with zero attached hydrogens (tertiary/aromatic N) is 3. The Kier molecular flexibility index (Phi) is 4.50. The molecular formula is C17H20ClFN4. The van der Waals surface area contributed by atoms with Gasteiger partial charge in [0.1, 0.15) is 0 Å². The van der Waals surface area contributed by atoms with Crippen LogP contribution in [0.5, 0.6) is 0 Å². The van der Waals surface area contributed by atoms with Gasteiger partial charge in [-0.05, 0) is 37.8 Å². The van der Waals surface area contributed by atoms with Crippen LogP contribution in [0.2, 0.25) is 5.02 Å². The smallest absolute Gasteiger partial charge is 0.176 e. The molecule has 23 heavy (non-hydrogen) atoms. The number of nitrogens with two attached hydrogens (primary N) is 1. The zero-order chi connectivity index (χ0) is 16.6. The average molecular weight is 335 g/mol. The summed E-state index contributed by atoms with van der Waals surface area (Å²) in [5.41, 5.74) is 8.73. The van der Waals surface area contributed by atoms with Gasteiger partial charge in [-0.25, -0.2) is 9.37 Å². The molecule has 0 radical (unpaired) electrons. The Morgan fingerprint density at radius 1 is 1.22 bits per heavy atom. The van der Waals surface area contributed by atoms with E-state index in [1.807, 2.05) is 24.8 Å². The maximum atomic E-state index is 15.1. The van der Waals surface area contributed by atoms with Gasteiger partial charge in [0.15, 0.2) is 11.6 Å². The van der Waals surface area contributed by atoms with E-state index in [4.69, 9.17) is 17.3 Å². The third kappa shape index (κ3) is 3.16. The monoisotopic (exact) mass is 334 g/mol. The SMILES string of the molecule is Cc1cnc(-c2c(Cl)cnc(N3CCC(N)CC3)c2F)c(C)c1. The number of halogens is 2. The molecule has 1 saturated heterocycles. The fraction of sp³-hybridized carbons (Fsp3) is 0.412. The van der Waals surface area contributed by atoms with E-state index in [-0.39, 0.29) is 11.1 Å². The van der Waals surface area contributed by atoms with E-state index >= 15 is 4.39 Å². The summed E-state index contributed by atoms with van der Waals surface area (Å²) in [6, 6.07) is 2.15. The highest BCUT2D eigenvalue weighted by Crippen LogP contribution is 2.35. The predicted octanol–water partition coefficient (Wildman–Crippen LogP) is 3.48. The lowest BCUT2D eigenvalue weighted by Crippen LogP contribution is -2.40. The molecule has 0 spiro atoms. The normalized spacial score (nSPS) is 16.0. The number of aromatic nitrogens is 2. The highest BCUT2D eigenvalue weighted by atomic mass is 35.5. The Bertz CT molecular complexity index is 727. The minimum Gasteiger partial charge on any atom is -0.354 e. The summed E-state index contributed by atoms with van der Waals surface area (Å²) in [6.45, 7) is 5.26. The number of pyridine rings is 2. The van der Waals surface area contributed by atoms with Crippen molar-refractivity contribution in [3.8, 4) is 11.3 Å². The fourth-order valence-electron chi connectivity index (χ4n) is 2.98. The molecule has 0 aromatic carbocycles. The van der Waals surface area contributed by atoms with Crippen LogP contribution in [0.3, 0.4) is 0 Å². The minimum absolute atomic E-state index is 0.182. The van der Waals surface area contributed by atoms with Crippen LogP contribution in [0.25, 0.3) is 11.3 Å². The van der Waals surface area contributed by atoms with Gasteiger partial charge in [-0.15, -0.1) is 0 Å². The number of hydrogen-bond donors (Lipinski definition) is 1. The lowest BCUT2D eigenvalue weighted by atomic mass is 10.0. The first-order chi connectivity index (χ1) is 11.0. The Morgan fingerprint density at radius 3 is 2.57 bits per heavy atom. The van der Waals surface area contributed by atoms with Crippen molar-refractivity contribution < 1.29 is 4.39 Å². The van der Waals surface area contributed by atoms with E-state index in [0.29, 0.717) is 30.2 Å². The highest BCUT2D eigenvalue weighted by molar-refractivity contribution is 6.33. The molecule has 4 nitrogen and oxygen atoms in total. The molecule has 122 valence electrons. The summed E-state index contributed by atoms with van der Waals surface area (Å²) >= 11 is 6.23. The minimum atomic E-state index is -0.410. The Balaban J connectivity index is 2.05. The molecule has 0 aliphatic carbocycles. The van der Waals surface area contributed by atoms with Gasteiger partial charge < -0.3 is 10.6 Å². The van der Waals surface area contributed by atoms with Gasteiger partial charge in [-0.1, -0.05) is 17.7 Å². The molecule has 0 atom stereocenters. The predicted molar refractivity (Wildman–Crippen MR) is 91.3 cm³/mol. The molecule has 1 aliphatic heterocycles. The number of piperidine rings is 1. The van der Waals surface area contributed by atoms with Crippen LogP contribution in [0.1, 0.15) is 24.0 Å². The van der Waals surface area contributed by atoms with Crippen LogP contribution in [0, 0.1) is 19.7 Å². The number of rotatable bonds is 2. The van der Waals surface area contributed by atoms with Crippen molar-refractivity contribution in [2.24, 2.45) is 5.73 Å². The molecule has 6 heteroatoms. The first-order valence-corrected chi connectivity index (χ1v) is 8.13. The second kappa shape index (κ2) is 6.42. The maximum Gasteiger partial charge on any atom is 0.176 e. The first-order valence-electron chi connectivity index (χ1n) is 7.75. The van der Waals surface area contributed by atoms with Crippen molar-refractivity contribution in [1.82, 2.24) is 9.97 Å². The van der Waals surface area contributed by atoms with Crippen molar-refractivity contribution in [3.05, 3.63) is 40.4 Å². The third-order valence-corrected chi connectivity index (χ3v) is 4.53. The first kappa shape index (κ1) is 16.1. The Hall–Kier alpha value is -1.72. The van der Waals surface area contributed by atoms with Crippen LogP contribution in [0.4, 0.5) is 10.2 Å². The molecule has 1 aliphatic rings. The van der Waals surface area contributed by atoms with Crippen LogP contribution >= 0.6 is 11.6 Å². The molecule has 0 unspecified atom stereocenters. The van der Waals surface area contributed by atoms with Crippen molar-refractivity contribution in [2.45, 2.75) is 32.7 Å². The van der Waals surface area contributed by atoms with E-state index in [1.54, 1.807) is 6.20 Å². The van der Waals surface area contributed by atoms with Crippen LogP contribution in [-0.2, 0) is 0 Å². The standard InChI is InChI=1S/C17H20ClFN4/c1-10-7-11(2)16(21-8-10)14-13(18)9-22-17(15(14)19)23-5-3-12(20)4-6-23/h7-9,12H,3-6,20H2,1-2H3. The van der Waals surface area contributed by atoms with Crippen molar-refractivity contribution >= 4 is 17.4 Å². The quantitative estimate of drug-likeness (QED) is 0.913. The number of hydrogen-bond acceptors (Lipinski definition) is 4. The van der Waals surface area contributed by atoms with Gasteiger partial charge >= 0.3 is 0 Å². The molecule has 2 aromatic rings. The summed E-state index contributed by atoms with van der Waals surface area (Å²) in [5.74, 6) is -0.0782. The van der Waals surface area contributed by atoms with E-state index in [9.17, 15) is 0 Å². The molecule has 0 bridgehead atoms. The molecule has 0 amide bonds. The zero-order valence-corrected chi connectivity index (χ0v) is 14.1. The van der Waals surface area contributed by atoms with Gasteiger partial charge in [-0.2, -0.15) is 0 Å². The van der Waals surface area contributed by atoms with E-state index in [1.165, 1.54) is 6.20 Å². The molecular weight excluding hydrogens is 315 g/mol. The van der Waals surface area contributed by atoms with Gasteiger partial charge in [0, 0.05) is 31.5 Å². The van der Waals surface area contributed by atoms with Crippen LogP contribution in [0.15, 0.2) is 18.5 Å². The van der Waals surface area contributed by atoms with Crippen molar-refractivity contribution in [1.29, 1.82) is 0 Å². The second-order valence-electron chi connectivity index (χ2n) is 6.12. The average Bonchev–Trinajstić information content (AvgIpc) is 2.51. The number of aryl methyl sites for hydroxylation is 2. The molecule has 3 heterocycles. The topological polar surface area (TPSA) is 55.0 Å². The van der Waals surface area contributed by atoms with E-state index in [2.05, 4.69) is 9.97 Å². The maximum absolute atomic E-state index is 15.1. The third-order valence-electron chi connectivity index (χ3n) is 4.25. The van der Waals surface area contributed by atoms with E-state index < -0.39 is 5.82 Å². The Labute approximate surface area is 140 Å². The lowest BCUT2D eigenvalue weighted by Gasteiger charge is -2.31. The van der Waals surface area contributed by atoms with Crippen LogP contribution < -0.4 is 10.6 Å². The summed E-state index contributed by atoms with van der Waals surface area (Å²) in [7, 11) is 0. The molecule has 2 N–H and O–H groups in total. The summed E-state index contributed by atoms with van der Waals surface area (Å²) in [6.07, 6.45) is 4.89. The highest BCUT2D eigenvalue weighted by Gasteiger charge is 2.24. The van der Waals surface area contributed by atoms with E-state index in [0.717, 1.165) is 24.0 Å². The fourth-order valence-corrected chi connectivity index (χ4v) is 3.20. The Morgan fingerprint density at radius 2 is 1.91 bits per heavy atom. The van der Waals surface area contributed by atoms with Gasteiger partial charge in [-0.3, -0.25) is 4.98 Å². The van der Waals surface area contributed by atoms with Gasteiger partial charge in [0.05, 0.1) is 16.3 Å². The molecule has 1 fully saturated rings. The molecule has 2 aromatic heterocycles. The summed E-state index contributed by atoms with van der Waals surface area (Å²) < 4.78 is 15.1. The lowest BCUT2D eigenvalue weighted by molar-refractivity contribution is 0.490. The largest absolute Gasteiger partial charge is 0.354 e. The molecule has 3 rings (SSSR count). The van der Waals surface area contributed by atoms with Crippen LogP contribution in [-0.4, -0.2) is 29.1 Å². The summed E-state index contributed by atoms with van der Waals surface area (Å²) in [5, 5.41) is 0.277. The second-order valence-corrected chi connectivity index (χ2v) is 6.53. The van der Waals surface area contributed by atoms with Gasteiger partial charge in [0.25, 0.3) is 0 Å². The summed E-state index contributed by atoms with van der Waals surface area (Å²) in [4.78, 5) is 10.5. The molecule has 0 saturated carbocycles.